The number of sulfonamides is 1. The molecule has 29 heavy (non-hydrogen) atoms. The largest absolute Gasteiger partial charge is 0.345 e. The van der Waals surface area contributed by atoms with E-state index in [4.69, 9.17) is 0 Å². The zero-order valence-electron chi connectivity index (χ0n) is 16.9. The third-order valence-electron chi connectivity index (χ3n) is 4.90. The Balaban J connectivity index is 1.80. The predicted molar refractivity (Wildman–Crippen MR) is 113 cm³/mol. The Labute approximate surface area is 171 Å². The summed E-state index contributed by atoms with van der Waals surface area (Å²) in [6, 6.07) is 14.0. The van der Waals surface area contributed by atoms with Crippen molar-refractivity contribution in [3.05, 3.63) is 59.9 Å². The molecule has 8 heteroatoms. The summed E-state index contributed by atoms with van der Waals surface area (Å²) in [5, 5.41) is 2.86. The van der Waals surface area contributed by atoms with Crippen LogP contribution in [0.3, 0.4) is 0 Å². The van der Waals surface area contributed by atoms with E-state index in [1.54, 1.807) is 26.0 Å². The Morgan fingerprint density at radius 3 is 2.48 bits per heavy atom. The van der Waals surface area contributed by atoms with E-state index in [1.165, 1.54) is 16.4 Å². The summed E-state index contributed by atoms with van der Waals surface area (Å²) in [6.45, 7) is 7.36. The average Bonchev–Trinajstić information content (AvgIpc) is 3.10. The van der Waals surface area contributed by atoms with Gasteiger partial charge in [0.1, 0.15) is 5.82 Å². The minimum Gasteiger partial charge on any atom is -0.345 e. The first-order valence-corrected chi connectivity index (χ1v) is 11.2. The predicted octanol–water partition coefficient (Wildman–Crippen LogP) is 3.02. The number of para-hydroxylation sites is 2. The molecule has 0 atom stereocenters. The second kappa shape index (κ2) is 8.75. The minimum atomic E-state index is -3.62. The van der Waals surface area contributed by atoms with Crippen LogP contribution in [0.2, 0.25) is 0 Å². The van der Waals surface area contributed by atoms with Crippen molar-refractivity contribution in [2.24, 2.45) is 0 Å². The quantitative estimate of drug-likeness (QED) is 0.614. The van der Waals surface area contributed by atoms with Gasteiger partial charge in [-0.15, -0.1) is 0 Å². The lowest BCUT2D eigenvalue weighted by molar-refractivity contribution is 0.0949. The van der Waals surface area contributed by atoms with Crippen LogP contribution in [0.5, 0.6) is 0 Å². The monoisotopic (exact) mass is 414 g/mol. The standard InChI is InChI=1S/C21H26N4O3S/c1-4-24(5-2)29(27,28)17-11-9-10-16(14-17)21(26)22-15-20-23-18-12-7-8-13-19(18)25(20)6-3/h7-14H,4-6,15H2,1-3H3,(H,22,26). The van der Waals surface area contributed by atoms with Crippen LogP contribution in [-0.2, 0) is 23.1 Å². The first-order chi connectivity index (χ1) is 13.9. The van der Waals surface area contributed by atoms with Gasteiger partial charge in [0.05, 0.1) is 22.5 Å². The molecule has 0 spiro atoms. The van der Waals surface area contributed by atoms with Crippen LogP contribution in [0.25, 0.3) is 11.0 Å². The van der Waals surface area contributed by atoms with Gasteiger partial charge in [-0.3, -0.25) is 4.79 Å². The van der Waals surface area contributed by atoms with Crippen molar-refractivity contribution in [3.8, 4) is 0 Å². The lowest BCUT2D eigenvalue weighted by Gasteiger charge is -2.18. The van der Waals surface area contributed by atoms with E-state index in [2.05, 4.69) is 14.9 Å². The summed E-state index contributed by atoms with van der Waals surface area (Å²) in [4.78, 5) is 17.4. The third kappa shape index (κ3) is 4.18. The maximum Gasteiger partial charge on any atom is 0.251 e. The molecule has 7 nitrogen and oxygen atoms in total. The fourth-order valence-electron chi connectivity index (χ4n) is 3.38. The molecule has 3 rings (SSSR count). The Hall–Kier alpha value is -2.71. The van der Waals surface area contributed by atoms with E-state index >= 15 is 0 Å². The number of imidazole rings is 1. The van der Waals surface area contributed by atoms with Gasteiger partial charge >= 0.3 is 0 Å². The fourth-order valence-corrected chi connectivity index (χ4v) is 4.89. The van der Waals surface area contributed by atoms with E-state index in [0.29, 0.717) is 18.7 Å². The SMILES string of the molecule is CCN(CC)S(=O)(=O)c1cccc(C(=O)NCc2nc3ccccc3n2CC)c1. The van der Waals surface area contributed by atoms with Crippen LogP contribution in [0.4, 0.5) is 0 Å². The molecule has 2 aromatic carbocycles. The molecule has 0 saturated heterocycles. The van der Waals surface area contributed by atoms with Gasteiger partial charge in [-0.05, 0) is 37.3 Å². The van der Waals surface area contributed by atoms with Crippen LogP contribution < -0.4 is 5.32 Å². The Bertz CT molecular complexity index is 1120. The number of nitrogens with one attached hydrogen (secondary N) is 1. The summed E-state index contributed by atoms with van der Waals surface area (Å²) in [6.07, 6.45) is 0. The molecule has 0 aliphatic rings. The topological polar surface area (TPSA) is 84.3 Å². The number of hydrogen-bond acceptors (Lipinski definition) is 4. The Morgan fingerprint density at radius 2 is 1.79 bits per heavy atom. The van der Waals surface area contributed by atoms with Gasteiger partial charge in [0.25, 0.3) is 5.91 Å². The number of carbonyl (C=O) groups is 1. The highest BCUT2D eigenvalue weighted by molar-refractivity contribution is 7.89. The van der Waals surface area contributed by atoms with Crippen molar-refractivity contribution >= 4 is 27.0 Å². The van der Waals surface area contributed by atoms with Gasteiger partial charge in [-0.25, -0.2) is 13.4 Å². The van der Waals surface area contributed by atoms with Crippen LogP contribution >= 0.6 is 0 Å². The summed E-state index contributed by atoms with van der Waals surface area (Å²) in [5.74, 6) is 0.422. The van der Waals surface area contributed by atoms with Crippen molar-refractivity contribution in [2.45, 2.75) is 38.8 Å². The van der Waals surface area contributed by atoms with Crippen molar-refractivity contribution in [2.75, 3.05) is 13.1 Å². The number of rotatable bonds is 8. The molecule has 154 valence electrons. The van der Waals surface area contributed by atoms with E-state index in [9.17, 15) is 13.2 Å². The van der Waals surface area contributed by atoms with Crippen LogP contribution in [0, 0.1) is 0 Å². The molecule has 1 amide bonds. The molecule has 0 saturated carbocycles. The lowest BCUT2D eigenvalue weighted by atomic mass is 10.2. The first-order valence-electron chi connectivity index (χ1n) is 9.74. The smallest absolute Gasteiger partial charge is 0.251 e. The van der Waals surface area contributed by atoms with Gasteiger partial charge in [0.15, 0.2) is 0 Å². The second-order valence-corrected chi connectivity index (χ2v) is 8.50. The Kier molecular flexibility index (Phi) is 6.34. The highest BCUT2D eigenvalue weighted by atomic mass is 32.2. The fraction of sp³-hybridized carbons (Fsp3) is 0.333. The zero-order valence-corrected chi connectivity index (χ0v) is 17.7. The number of hydrogen-bond donors (Lipinski definition) is 1. The highest BCUT2D eigenvalue weighted by Crippen LogP contribution is 2.18. The third-order valence-corrected chi connectivity index (χ3v) is 6.94. The van der Waals surface area contributed by atoms with E-state index in [0.717, 1.165) is 23.4 Å². The molecule has 1 N–H and O–H groups in total. The summed E-state index contributed by atoms with van der Waals surface area (Å²) in [5.41, 5.74) is 2.20. The number of fused-ring (bicyclic) bond motifs is 1. The van der Waals surface area contributed by atoms with Gasteiger partial charge in [0.2, 0.25) is 10.0 Å². The van der Waals surface area contributed by atoms with Crippen LogP contribution in [-0.4, -0.2) is 41.3 Å². The number of amides is 1. The molecule has 0 unspecified atom stereocenters. The van der Waals surface area contributed by atoms with Gasteiger partial charge in [-0.1, -0.05) is 32.0 Å². The summed E-state index contributed by atoms with van der Waals surface area (Å²) >= 11 is 0. The molecular weight excluding hydrogens is 388 g/mol. The molecule has 0 aliphatic heterocycles. The zero-order chi connectivity index (χ0) is 21.0. The molecule has 0 bridgehead atoms. The van der Waals surface area contributed by atoms with E-state index < -0.39 is 10.0 Å². The lowest BCUT2D eigenvalue weighted by Crippen LogP contribution is -2.31. The van der Waals surface area contributed by atoms with Crippen molar-refractivity contribution in [1.29, 1.82) is 0 Å². The van der Waals surface area contributed by atoms with Crippen LogP contribution in [0.1, 0.15) is 37.0 Å². The number of aromatic nitrogens is 2. The Morgan fingerprint density at radius 1 is 1.07 bits per heavy atom. The molecule has 3 aromatic rings. The maximum atomic E-state index is 12.7. The van der Waals surface area contributed by atoms with Crippen LogP contribution in [0.15, 0.2) is 53.4 Å². The van der Waals surface area contributed by atoms with E-state index in [1.807, 2.05) is 31.2 Å². The molecule has 1 heterocycles. The summed E-state index contributed by atoms with van der Waals surface area (Å²) in [7, 11) is -3.62. The normalized spacial score (nSPS) is 11.9. The van der Waals surface area contributed by atoms with Crippen molar-refractivity contribution in [3.63, 3.8) is 0 Å². The average molecular weight is 415 g/mol. The number of benzene rings is 2. The van der Waals surface area contributed by atoms with Crippen molar-refractivity contribution in [1.82, 2.24) is 19.2 Å². The first kappa shape index (κ1) is 21.0. The molecular formula is C21H26N4O3S. The van der Waals surface area contributed by atoms with E-state index in [-0.39, 0.29) is 17.3 Å². The number of aryl methyl sites for hydroxylation is 1. The van der Waals surface area contributed by atoms with Gasteiger partial charge in [0, 0.05) is 25.2 Å². The maximum absolute atomic E-state index is 12.7. The molecule has 0 aliphatic carbocycles. The minimum absolute atomic E-state index is 0.120. The molecule has 0 radical (unpaired) electrons. The highest BCUT2D eigenvalue weighted by Gasteiger charge is 2.22. The second-order valence-electron chi connectivity index (χ2n) is 6.56. The van der Waals surface area contributed by atoms with Gasteiger partial charge in [-0.2, -0.15) is 4.31 Å². The molecule has 1 aromatic heterocycles. The number of nitrogens with zero attached hydrogens (tertiary/aromatic N) is 3. The van der Waals surface area contributed by atoms with Crippen molar-refractivity contribution < 1.29 is 13.2 Å². The molecule has 0 fully saturated rings. The van der Waals surface area contributed by atoms with Gasteiger partial charge < -0.3 is 9.88 Å². The number of carbonyl (C=O) groups excluding carboxylic acids is 1. The summed E-state index contributed by atoms with van der Waals surface area (Å²) < 4.78 is 28.8.